The molecule has 3 nitrogen and oxygen atoms in total. The standard InChI is InChI=1S/C13H11N3S/c14-7-10-3-1-2-4-11(10)9-17-13-6-5-12(15)8-16-13/h1-6,8H,9,15H2. The van der Waals surface area contributed by atoms with Gasteiger partial charge in [-0.05, 0) is 23.8 Å². The van der Waals surface area contributed by atoms with Crippen molar-refractivity contribution in [3.63, 3.8) is 0 Å². The third kappa shape index (κ3) is 2.99. The van der Waals surface area contributed by atoms with Crippen LogP contribution < -0.4 is 5.73 Å². The zero-order valence-electron chi connectivity index (χ0n) is 9.13. The lowest BCUT2D eigenvalue weighted by Crippen LogP contribution is -1.89. The van der Waals surface area contributed by atoms with Crippen molar-refractivity contribution in [2.24, 2.45) is 0 Å². The molecule has 0 aliphatic carbocycles. The van der Waals surface area contributed by atoms with Crippen LogP contribution in [0.4, 0.5) is 5.69 Å². The molecule has 1 aromatic heterocycles. The van der Waals surface area contributed by atoms with Gasteiger partial charge in [-0.25, -0.2) is 4.98 Å². The number of anilines is 1. The summed E-state index contributed by atoms with van der Waals surface area (Å²) < 4.78 is 0. The van der Waals surface area contributed by atoms with Gasteiger partial charge in [0.25, 0.3) is 0 Å². The number of pyridine rings is 1. The smallest absolute Gasteiger partial charge is 0.0994 e. The largest absolute Gasteiger partial charge is 0.397 e. The van der Waals surface area contributed by atoms with Gasteiger partial charge in [0, 0.05) is 5.75 Å². The molecular weight excluding hydrogens is 230 g/mol. The summed E-state index contributed by atoms with van der Waals surface area (Å²) in [7, 11) is 0. The maximum absolute atomic E-state index is 8.96. The van der Waals surface area contributed by atoms with Crippen LogP contribution in [0, 0.1) is 11.3 Å². The van der Waals surface area contributed by atoms with E-state index < -0.39 is 0 Å². The number of thioether (sulfide) groups is 1. The number of hydrogen-bond acceptors (Lipinski definition) is 4. The van der Waals surface area contributed by atoms with Crippen molar-refractivity contribution in [3.05, 3.63) is 53.7 Å². The summed E-state index contributed by atoms with van der Waals surface area (Å²) in [5.41, 5.74) is 7.97. The van der Waals surface area contributed by atoms with Crippen molar-refractivity contribution in [1.82, 2.24) is 4.98 Å². The molecule has 0 saturated carbocycles. The van der Waals surface area contributed by atoms with Gasteiger partial charge < -0.3 is 5.73 Å². The predicted octanol–water partition coefficient (Wildman–Crippen LogP) is 2.83. The molecule has 84 valence electrons. The molecular formula is C13H11N3S. The average molecular weight is 241 g/mol. The number of nitriles is 1. The van der Waals surface area contributed by atoms with Crippen molar-refractivity contribution in [1.29, 1.82) is 5.26 Å². The summed E-state index contributed by atoms with van der Waals surface area (Å²) in [6.45, 7) is 0. The Bertz CT molecular complexity index is 543. The molecule has 0 aliphatic heterocycles. The van der Waals surface area contributed by atoms with Crippen molar-refractivity contribution < 1.29 is 0 Å². The lowest BCUT2D eigenvalue weighted by atomic mass is 10.1. The first-order valence-corrected chi connectivity index (χ1v) is 6.10. The molecule has 0 spiro atoms. The highest BCUT2D eigenvalue weighted by molar-refractivity contribution is 7.98. The van der Waals surface area contributed by atoms with Gasteiger partial charge in [0.15, 0.2) is 0 Å². The monoisotopic (exact) mass is 241 g/mol. The van der Waals surface area contributed by atoms with Crippen LogP contribution in [0.5, 0.6) is 0 Å². The molecule has 4 heteroatoms. The number of nitrogen functional groups attached to an aromatic ring is 1. The van der Waals surface area contributed by atoms with Gasteiger partial charge in [-0.3, -0.25) is 0 Å². The molecule has 1 heterocycles. The Morgan fingerprint density at radius 3 is 2.76 bits per heavy atom. The van der Waals surface area contributed by atoms with E-state index in [1.165, 1.54) is 0 Å². The minimum absolute atomic E-state index is 0.659. The number of aromatic nitrogens is 1. The highest BCUT2D eigenvalue weighted by atomic mass is 32.2. The van der Waals surface area contributed by atoms with Gasteiger partial charge in [0.2, 0.25) is 0 Å². The maximum atomic E-state index is 8.96. The third-order valence-corrected chi connectivity index (χ3v) is 3.27. The fourth-order valence-corrected chi connectivity index (χ4v) is 2.23. The minimum atomic E-state index is 0.659. The Kier molecular flexibility index (Phi) is 3.63. The first kappa shape index (κ1) is 11.5. The molecule has 2 aromatic rings. The van der Waals surface area contributed by atoms with Crippen LogP contribution >= 0.6 is 11.8 Å². The zero-order valence-corrected chi connectivity index (χ0v) is 9.95. The fraction of sp³-hybridized carbons (Fsp3) is 0.0769. The lowest BCUT2D eigenvalue weighted by Gasteiger charge is -2.03. The van der Waals surface area contributed by atoms with Crippen LogP contribution in [0.25, 0.3) is 0 Å². The van der Waals surface area contributed by atoms with E-state index >= 15 is 0 Å². The summed E-state index contributed by atoms with van der Waals surface area (Å²) in [6, 6.07) is 13.5. The Hall–Kier alpha value is -1.99. The highest BCUT2D eigenvalue weighted by Crippen LogP contribution is 2.22. The Balaban J connectivity index is 2.08. The van der Waals surface area contributed by atoms with Gasteiger partial charge in [-0.15, -0.1) is 11.8 Å². The third-order valence-electron chi connectivity index (χ3n) is 2.27. The topological polar surface area (TPSA) is 62.7 Å². The van der Waals surface area contributed by atoms with E-state index in [4.69, 9.17) is 11.0 Å². The molecule has 0 saturated heterocycles. The van der Waals surface area contributed by atoms with E-state index in [1.807, 2.05) is 36.4 Å². The number of benzene rings is 1. The maximum Gasteiger partial charge on any atom is 0.0994 e. The first-order valence-electron chi connectivity index (χ1n) is 5.12. The molecule has 0 amide bonds. The van der Waals surface area contributed by atoms with E-state index in [0.29, 0.717) is 5.69 Å². The number of nitrogens with zero attached hydrogens (tertiary/aromatic N) is 2. The van der Waals surface area contributed by atoms with Crippen LogP contribution in [0.15, 0.2) is 47.6 Å². The molecule has 0 aliphatic rings. The second-order valence-corrected chi connectivity index (χ2v) is 4.48. The fourth-order valence-electron chi connectivity index (χ4n) is 1.38. The molecule has 2 N–H and O–H groups in total. The lowest BCUT2D eigenvalue weighted by molar-refractivity contribution is 1.13. The van der Waals surface area contributed by atoms with Crippen LogP contribution in [-0.2, 0) is 5.75 Å². The van der Waals surface area contributed by atoms with Crippen molar-refractivity contribution >= 4 is 17.4 Å². The summed E-state index contributed by atoms with van der Waals surface area (Å²) in [4.78, 5) is 4.20. The zero-order chi connectivity index (χ0) is 12.1. The molecule has 17 heavy (non-hydrogen) atoms. The predicted molar refractivity (Wildman–Crippen MR) is 69.4 cm³/mol. The second kappa shape index (κ2) is 5.37. The SMILES string of the molecule is N#Cc1ccccc1CSc1ccc(N)cn1. The Labute approximate surface area is 104 Å². The number of nitrogens with two attached hydrogens (primary N) is 1. The van der Waals surface area contributed by atoms with Gasteiger partial charge >= 0.3 is 0 Å². The quantitative estimate of drug-likeness (QED) is 0.839. The molecule has 0 fully saturated rings. The van der Waals surface area contributed by atoms with Crippen molar-refractivity contribution in [2.45, 2.75) is 10.8 Å². The Morgan fingerprint density at radius 2 is 2.06 bits per heavy atom. The number of hydrogen-bond donors (Lipinski definition) is 1. The van der Waals surface area contributed by atoms with Gasteiger partial charge in [0.1, 0.15) is 0 Å². The van der Waals surface area contributed by atoms with E-state index in [1.54, 1.807) is 18.0 Å². The van der Waals surface area contributed by atoms with E-state index in [-0.39, 0.29) is 0 Å². The van der Waals surface area contributed by atoms with Crippen molar-refractivity contribution in [3.8, 4) is 6.07 Å². The highest BCUT2D eigenvalue weighted by Gasteiger charge is 2.02. The van der Waals surface area contributed by atoms with Crippen LogP contribution in [0.2, 0.25) is 0 Å². The summed E-state index contributed by atoms with van der Waals surface area (Å²) in [5, 5.41) is 9.87. The number of rotatable bonds is 3. The van der Waals surface area contributed by atoms with Crippen LogP contribution in [0.3, 0.4) is 0 Å². The molecule has 1 aromatic carbocycles. The van der Waals surface area contributed by atoms with Gasteiger partial charge in [-0.1, -0.05) is 18.2 Å². The van der Waals surface area contributed by atoms with Crippen LogP contribution in [0.1, 0.15) is 11.1 Å². The summed E-state index contributed by atoms with van der Waals surface area (Å²) in [5.74, 6) is 0.737. The molecule has 0 radical (unpaired) electrons. The molecule has 0 unspecified atom stereocenters. The molecule has 0 bridgehead atoms. The molecule has 0 atom stereocenters. The summed E-state index contributed by atoms with van der Waals surface area (Å²) >= 11 is 1.59. The van der Waals surface area contributed by atoms with Crippen LogP contribution in [-0.4, -0.2) is 4.98 Å². The van der Waals surface area contributed by atoms with E-state index in [2.05, 4.69) is 11.1 Å². The van der Waals surface area contributed by atoms with Crippen molar-refractivity contribution in [2.75, 3.05) is 5.73 Å². The Morgan fingerprint density at radius 1 is 1.24 bits per heavy atom. The summed E-state index contributed by atoms with van der Waals surface area (Å²) in [6.07, 6.45) is 1.64. The second-order valence-electron chi connectivity index (χ2n) is 3.49. The average Bonchev–Trinajstić information content (AvgIpc) is 2.38. The van der Waals surface area contributed by atoms with E-state index in [0.717, 1.165) is 21.9 Å². The first-order chi connectivity index (χ1) is 8.29. The van der Waals surface area contributed by atoms with Gasteiger partial charge in [0.05, 0.1) is 28.5 Å². The molecule has 2 rings (SSSR count). The van der Waals surface area contributed by atoms with E-state index in [9.17, 15) is 0 Å². The normalized spacial score (nSPS) is 9.82. The van der Waals surface area contributed by atoms with Gasteiger partial charge in [-0.2, -0.15) is 5.26 Å². The minimum Gasteiger partial charge on any atom is -0.397 e.